The zero-order valence-electron chi connectivity index (χ0n) is 14.7. The van der Waals surface area contributed by atoms with Crippen molar-refractivity contribution in [2.24, 2.45) is 7.05 Å². The molecule has 0 bridgehead atoms. The number of fused-ring (bicyclic) bond motifs is 1. The Labute approximate surface area is 149 Å². The van der Waals surface area contributed by atoms with Gasteiger partial charge in [0.25, 0.3) is 5.91 Å². The van der Waals surface area contributed by atoms with Gasteiger partial charge >= 0.3 is 0 Å². The molecule has 9 nitrogen and oxygen atoms in total. The number of rotatable bonds is 4. The summed E-state index contributed by atoms with van der Waals surface area (Å²) in [7, 11) is 1.79. The van der Waals surface area contributed by atoms with Crippen molar-refractivity contribution in [3.8, 4) is 11.3 Å². The number of hydrogen-bond acceptors (Lipinski definition) is 5. The standard InChI is InChI=1S/C17H18N8O/c1-4-24-10-13(11(2)21-24)14-5-7-18-16-12(9-19-25(14)16)17(26)20-15-6-8-23(3)22-15/h5-10H,4H2,1-3H3,(H,20,22,26). The molecule has 132 valence electrons. The molecule has 0 aliphatic heterocycles. The number of nitrogens with one attached hydrogen (secondary N) is 1. The van der Waals surface area contributed by atoms with Crippen LogP contribution in [-0.2, 0) is 13.6 Å². The lowest BCUT2D eigenvalue weighted by atomic mass is 10.2. The maximum absolute atomic E-state index is 12.6. The molecule has 0 aromatic carbocycles. The molecular weight excluding hydrogens is 332 g/mol. The maximum Gasteiger partial charge on any atom is 0.262 e. The van der Waals surface area contributed by atoms with Crippen LogP contribution in [0.1, 0.15) is 23.0 Å². The van der Waals surface area contributed by atoms with Crippen molar-refractivity contribution in [3.05, 3.63) is 48.2 Å². The van der Waals surface area contributed by atoms with Crippen LogP contribution in [0, 0.1) is 6.92 Å². The van der Waals surface area contributed by atoms with E-state index in [1.165, 1.54) is 6.20 Å². The Balaban J connectivity index is 1.75. The van der Waals surface area contributed by atoms with Gasteiger partial charge < -0.3 is 5.32 Å². The van der Waals surface area contributed by atoms with Crippen LogP contribution in [0.4, 0.5) is 5.82 Å². The number of aryl methyl sites for hydroxylation is 3. The number of anilines is 1. The molecule has 1 amide bonds. The van der Waals surface area contributed by atoms with Crippen molar-refractivity contribution in [1.82, 2.24) is 34.2 Å². The lowest BCUT2D eigenvalue weighted by Gasteiger charge is -2.04. The quantitative estimate of drug-likeness (QED) is 0.607. The molecule has 0 radical (unpaired) electrons. The van der Waals surface area contributed by atoms with Crippen molar-refractivity contribution in [3.63, 3.8) is 0 Å². The molecule has 0 aliphatic carbocycles. The second-order valence-corrected chi connectivity index (χ2v) is 5.94. The molecule has 0 saturated heterocycles. The first-order valence-corrected chi connectivity index (χ1v) is 8.25. The predicted octanol–water partition coefficient (Wildman–Crippen LogP) is 1.91. The molecule has 0 fully saturated rings. The molecule has 4 rings (SSSR count). The van der Waals surface area contributed by atoms with E-state index in [2.05, 4.69) is 25.6 Å². The van der Waals surface area contributed by atoms with E-state index in [0.29, 0.717) is 17.0 Å². The molecule has 4 aromatic heterocycles. The van der Waals surface area contributed by atoms with Crippen molar-refractivity contribution < 1.29 is 4.79 Å². The normalized spacial score (nSPS) is 11.2. The molecule has 1 N–H and O–H groups in total. The van der Waals surface area contributed by atoms with Crippen LogP contribution >= 0.6 is 0 Å². The third-order valence-electron chi connectivity index (χ3n) is 4.15. The Bertz CT molecular complexity index is 1100. The van der Waals surface area contributed by atoms with Gasteiger partial charge in [0.1, 0.15) is 5.56 Å². The Kier molecular flexibility index (Phi) is 3.76. The van der Waals surface area contributed by atoms with Crippen LogP contribution < -0.4 is 5.32 Å². The number of hydrogen-bond donors (Lipinski definition) is 1. The summed E-state index contributed by atoms with van der Waals surface area (Å²) in [5.41, 5.74) is 3.56. The number of amides is 1. The Morgan fingerprint density at radius 3 is 2.81 bits per heavy atom. The van der Waals surface area contributed by atoms with E-state index < -0.39 is 0 Å². The molecule has 9 heteroatoms. The van der Waals surface area contributed by atoms with Crippen LogP contribution in [0.5, 0.6) is 0 Å². The highest BCUT2D eigenvalue weighted by molar-refractivity contribution is 6.07. The van der Waals surface area contributed by atoms with Gasteiger partial charge in [0, 0.05) is 43.8 Å². The summed E-state index contributed by atoms with van der Waals surface area (Å²) < 4.78 is 5.16. The summed E-state index contributed by atoms with van der Waals surface area (Å²) in [6.45, 7) is 4.77. The fourth-order valence-corrected chi connectivity index (χ4v) is 2.85. The monoisotopic (exact) mass is 350 g/mol. The van der Waals surface area contributed by atoms with Crippen LogP contribution in [0.2, 0.25) is 0 Å². The Morgan fingerprint density at radius 1 is 1.27 bits per heavy atom. The van der Waals surface area contributed by atoms with Gasteiger partial charge in [-0.25, -0.2) is 9.50 Å². The topological polar surface area (TPSA) is 94.9 Å². The molecule has 26 heavy (non-hydrogen) atoms. The van der Waals surface area contributed by atoms with E-state index >= 15 is 0 Å². The summed E-state index contributed by atoms with van der Waals surface area (Å²) in [5, 5.41) is 15.8. The van der Waals surface area contributed by atoms with Crippen molar-refractivity contribution in [2.45, 2.75) is 20.4 Å². The number of nitrogens with zero attached hydrogens (tertiary/aromatic N) is 7. The molecular formula is C17H18N8O. The van der Waals surface area contributed by atoms with Gasteiger partial charge in [0.05, 0.1) is 17.6 Å². The molecule has 0 unspecified atom stereocenters. The lowest BCUT2D eigenvalue weighted by molar-refractivity contribution is 0.102. The van der Waals surface area contributed by atoms with E-state index in [1.54, 1.807) is 34.7 Å². The maximum atomic E-state index is 12.6. The minimum Gasteiger partial charge on any atom is -0.305 e. The number of carbonyl (C=O) groups is 1. The Hall–Kier alpha value is -3.49. The van der Waals surface area contributed by atoms with Gasteiger partial charge in [-0.2, -0.15) is 15.3 Å². The first-order valence-electron chi connectivity index (χ1n) is 8.25. The van der Waals surface area contributed by atoms with Crippen LogP contribution in [0.15, 0.2) is 36.9 Å². The van der Waals surface area contributed by atoms with Gasteiger partial charge in [-0.3, -0.25) is 14.2 Å². The molecule has 0 spiro atoms. The van der Waals surface area contributed by atoms with Crippen LogP contribution in [0.25, 0.3) is 16.9 Å². The molecule has 0 aliphatic rings. The number of aromatic nitrogens is 7. The summed E-state index contributed by atoms with van der Waals surface area (Å²) in [6.07, 6.45) is 6.92. The van der Waals surface area contributed by atoms with E-state index in [0.717, 1.165) is 23.5 Å². The second-order valence-electron chi connectivity index (χ2n) is 5.94. The fraction of sp³-hybridized carbons (Fsp3) is 0.235. The zero-order valence-corrected chi connectivity index (χ0v) is 14.7. The van der Waals surface area contributed by atoms with Crippen LogP contribution in [0.3, 0.4) is 0 Å². The van der Waals surface area contributed by atoms with E-state index in [4.69, 9.17) is 0 Å². The van der Waals surface area contributed by atoms with E-state index in [-0.39, 0.29) is 5.91 Å². The van der Waals surface area contributed by atoms with E-state index in [9.17, 15) is 4.79 Å². The van der Waals surface area contributed by atoms with Crippen molar-refractivity contribution in [2.75, 3.05) is 5.32 Å². The van der Waals surface area contributed by atoms with Gasteiger partial charge in [-0.1, -0.05) is 0 Å². The average molecular weight is 350 g/mol. The molecule has 0 saturated carbocycles. The summed E-state index contributed by atoms with van der Waals surface area (Å²) in [4.78, 5) is 16.9. The van der Waals surface area contributed by atoms with Crippen molar-refractivity contribution in [1.29, 1.82) is 0 Å². The summed E-state index contributed by atoms with van der Waals surface area (Å²) in [6, 6.07) is 3.59. The molecule has 4 aromatic rings. The number of carbonyl (C=O) groups excluding carboxylic acids is 1. The van der Waals surface area contributed by atoms with Gasteiger partial charge in [-0.15, -0.1) is 0 Å². The minimum absolute atomic E-state index is 0.302. The fourth-order valence-electron chi connectivity index (χ4n) is 2.85. The average Bonchev–Trinajstić information content (AvgIpc) is 3.32. The SMILES string of the molecule is CCn1cc(-c2ccnc3c(C(=O)Nc4ccn(C)n4)cnn23)c(C)n1. The van der Waals surface area contributed by atoms with Gasteiger partial charge in [-0.05, 0) is 19.9 Å². The molecule has 4 heterocycles. The second kappa shape index (κ2) is 6.10. The first kappa shape index (κ1) is 16.0. The first-order chi connectivity index (χ1) is 12.6. The largest absolute Gasteiger partial charge is 0.305 e. The van der Waals surface area contributed by atoms with E-state index in [1.807, 2.05) is 30.8 Å². The van der Waals surface area contributed by atoms with Crippen molar-refractivity contribution >= 4 is 17.4 Å². The predicted molar refractivity (Wildman–Crippen MR) is 95.8 cm³/mol. The van der Waals surface area contributed by atoms with Crippen LogP contribution in [-0.4, -0.2) is 40.1 Å². The zero-order chi connectivity index (χ0) is 18.3. The summed E-state index contributed by atoms with van der Waals surface area (Å²) >= 11 is 0. The third-order valence-corrected chi connectivity index (χ3v) is 4.15. The Morgan fingerprint density at radius 2 is 2.12 bits per heavy atom. The highest BCUT2D eigenvalue weighted by Crippen LogP contribution is 2.24. The molecule has 0 atom stereocenters. The smallest absolute Gasteiger partial charge is 0.262 e. The van der Waals surface area contributed by atoms with Gasteiger partial charge in [0.15, 0.2) is 11.5 Å². The summed E-state index contributed by atoms with van der Waals surface area (Å²) in [5.74, 6) is 0.178. The minimum atomic E-state index is -0.302. The highest BCUT2D eigenvalue weighted by atomic mass is 16.1. The highest BCUT2D eigenvalue weighted by Gasteiger charge is 2.18. The van der Waals surface area contributed by atoms with Gasteiger partial charge in [0.2, 0.25) is 0 Å². The lowest BCUT2D eigenvalue weighted by Crippen LogP contribution is -2.12. The third kappa shape index (κ3) is 2.63.